The lowest BCUT2D eigenvalue weighted by atomic mass is 9.98. The quantitative estimate of drug-likeness (QED) is 0.863. The molecule has 6 heteroatoms. The number of aromatic amines is 1. The number of hydrogen-bond donors (Lipinski definition) is 1. The number of rotatable bonds is 4. The molecule has 1 aromatic carbocycles. The molecule has 2 heterocycles. The monoisotopic (exact) mass is 346 g/mol. The first-order valence-electron chi connectivity index (χ1n) is 7.89. The lowest BCUT2D eigenvalue weighted by Gasteiger charge is -2.26. The molecule has 126 valence electrons. The van der Waals surface area contributed by atoms with Gasteiger partial charge in [0, 0.05) is 36.7 Å². The number of fused-ring (bicyclic) bond motifs is 1. The fourth-order valence-corrected chi connectivity index (χ4v) is 3.22. The lowest BCUT2D eigenvalue weighted by molar-refractivity contribution is -0.143. The third-order valence-electron chi connectivity index (χ3n) is 4.34. The smallest absolute Gasteiger partial charge is 0.306 e. The zero-order valence-electron chi connectivity index (χ0n) is 13.5. The highest BCUT2D eigenvalue weighted by atomic mass is 35.5. The number of ether oxygens (including phenoxy) is 1. The normalized spacial score (nSPS) is 14.6. The molecule has 1 aromatic heterocycles. The van der Waals surface area contributed by atoms with Gasteiger partial charge in [0.2, 0.25) is 5.91 Å². The van der Waals surface area contributed by atoms with Crippen LogP contribution in [0, 0.1) is 0 Å². The Morgan fingerprint density at radius 1 is 1.33 bits per heavy atom. The number of nitrogens with one attached hydrogen (secondary N) is 1. The molecule has 0 radical (unpaired) electrons. The van der Waals surface area contributed by atoms with E-state index in [1.165, 1.54) is 12.7 Å². The average molecular weight is 347 g/mol. The summed E-state index contributed by atoms with van der Waals surface area (Å²) in [5.74, 6) is -0.370. The molecule has 1 aliphatic rings. The molecule has 0 bridgehead atoms. The van der Waals surface area contributed by atoms with Crippen LogP contribution in [0.5, 0.6) is 0 Å². The Labute approximate surface area is 145 Å². The van der Waals surface area contributed by atoms with Crippen LogP contribution in [0.15, 0.2) is 30.5 Å². The van der Waals surface area contributed by atoms with Crippen LogP contribution in [0.4, 0.5) is 0 Å². The molecule has 0 saturated carbocycles. The number of nitrogens with zero attached hydrogens (tertiary/aromatic N) is 1. The van der Waals surface area contributed by atoms with Crippen LogP contribution in [0.3, 0.4) is 0 Å². The molecule has 5 nitrogen and oxygen atoms in total. The number of benzene rings is 1. The Kier molecular flexibility index (Phi) is 4.90. The van der Waals surface area contributed by atoms with Gasteiger partial charge in [-0.2, -0.15) is 0 Å². The van der Waals surface area contributed by atoms with E-state index in [1.807, 2.05) is 24.4 Å². The van der Waals surface area contributed by atoms with Crippen LogP contribution in [0.1, 0.15) is 24.8 Å². The fraction of sp³-hybridized carbons (Fsp3) is 0.333. The number of aromatic nitrogens is 1. The van der Waals surface area contributed by atoms with Gasteiger partial charge in [0.25, 0.3) is 0 Å². The van der Waals surface area contributed by atoms with E-state index in [1.54, 1.807) is 4.90 Å². The van der Waals surface area contributed by atoms with Gasteiger partial charge in [-0.15, -0.1) is 0 Å². The van der Waals surface area contributed by atoms with E-state index in [-0.39, 0.29) is 24.7 Å². The second-order valence-electron chi connectivity index (χ2n) is 5.76. The van der Waals surface area contributed by atoms with Crippen LogP contribution >= 0.6 is 11.6 Å². The zero-order valence-corrected chi connectivity index (χ0v) is 14.2. The van der Waals surface area contributed by atoms with Gasteiger partial charge in [0.05, 0.1) is 24.1 Å². The van der Waals surface area contributed by atoms with Crippen molar-refractivity contribution in [1.82, 2.24) is 9.88 Å². The van der Waals surface area contributed by atoms with Gasteiger partial charge in [-0.1, -0.05) is 29.8 Å². The molecule has 0 saturated heterocycles. The third kappa shape index (κ3) is 3.31. The number of H-pyrrole nitrogens is 1. The van der Waals surface area contributed by atoms with E-state index in [2.05, 4.69) is 15.8 Å². The van der Waals surface area contributed by atoms with E-state index >= 15 is 0 Å². The first kappa shape index (κ1) is 16.6. The summed E-state index contributed by atoms with van der Waals surface area (Å²) in [5.41, 5.74) is 3.28. The highest BCUT2D eigenvalue weighted by Crippen LogP contribution is 2.32. The van der Waals surface area contributed by atoms with Crippen molar-refractivity contribution in [2.24, 2.45) is 0 Å². The number of esters is 1. The van der Waals surface area contributed by atoms with Crippen LogP contribution in [-0.2, 0) is 14.3 Å². The molecule has 3 rings (SSSR count). The van der Waals surface area contributed by atoms with Gasteiger partial charge in [0.1, 0.15) is 0 Å². The topological polar surface area (TPSA) is 62.4 Å². The van der Waals surface area contributed by atoms with E-state index in [0.717, 1.165) is 22.9 Å². The molecule has 0 aliphatic carbocycles. The van der Waals surface area contributed by atoms with Gasteiger partial charge in [0.15, 0.2) is 0 Å². The molecular formula is C18H19ClN2O3. The van der Waals surface area contributed by atoms with E-state index in [4.69, 9.17) is 11.6 Å². The van der Waals surface area contributed by atoms with Crippen molar-refractivity contribution in [2.75, 3.05) is 20.2 Å². The number of carbonyl (C=O) groups is 2. The molecule has 0 atom stereocenters. The summed E-state index contributed by atoms with van der Waals surface area (Å²) in [7, 11) is 1.33. The predicted octanol–water partition coefficient (Wildman–Crippen LogP) is 3.39. The van der Waals surface area contributed by atoms with E-state index in [9.17, 15) is 9.59 Å². The Morgan fingerprint density at radius 2 is 2.17 bits per heavy atom. The number of hydrogen-bond acceptors (Lipinski definition) is 3. The maximum absolute atomic E-state index is 12.1. The van der Waals surface area contributed by atoms with Crippen molar-refractivity contribution >= 4 is 40.0 Å². The number of carbonyl (C=O) groups excluding carboxylic acids is 2. The molecule has 1 aliphatic heterocycles. The first-order chi connectivity index (χ1) is 11.6. The molecular weight excluding hydrogens is 328 g/mol. The highest BCUT2D eigenvalue weighted by molar-refractivity contribution is 6.35. The summed E-state index contributed by atoms with van der Waals surface area (Å²) in [6, 6.07) is 5.84. The van der Waals surface area contributed by atoms with Crippen LogP contribution < -0.4 is 0 Å². The third-order valence-corrected chi connectivity index (χ3v) is 4.66. The van der Waals surface area contributed by atoms with Crippen LogP contribution in [-0.4, -0.2) is 42.0 Å². The van der Waals surface area contributed by atoms with Crippen molar-refractivity contribution in [3.63, 3.8) is 0 Å². The lowest BCUT2D eigenvalue weighted by Crippen LogP contribution is -2.34. The SMILES string of the molecule is COC(=O)CCC(=O)N1CC=C(c2c[nH]c3c(Cl)cccc23)CC1. The van der Waals surface area contributed by atoms with Gasteiger partial charge in [-0.3, -0.25) is 9.59 Å². The predicted molar refractivity (Wildman–Crippen MR) is 93.7 cm³/mol. The Hall–Kier alpha value is -2.27. The molecule has 0 spiro atoms. The average Bonchev–Trinajstić information content (AvgIpc) is 3.05. The standard InChI is InChI=1S/C18H19ClN2O3/c1-24-17(23)6-5-16(22)21-9-7-12(8-10-21)14-11-20-18-13(14)3-2-4-15(18)19/h2-4,7,11,20H,5-6,8-10H2,1H3. The highest BCUT2D eigenvalue weighted by Gasteiger charge is 2.20. The van der Waals surface area contributed by atoms with E-state index < -0.39 is 0 Å². The van der Waals surface area contributed by atoms with Crippen LogP contribution in [0.2, 0.25) is 5.02 Å². The molecule has 0 unspecified atom stereocenters. The van der Waals surface area contributed by atoms with Crippen molar-refractivity contribution in [3.05, 3.63) is 41.1 Å². The minimum Gasteiger partial charge on any atom is -0.469 e. The van der Waals surface area contributed by atoms with Crippen molar-refractivity contribution in [2.45, 2.75) is 19.3 Å². The number of halogens is 1. The maximum Gasteiger partial charge on any atom is 0.306 e. The molecule has 24 heavy (non-hydrogen) atoms. The summed E-state index contributed by atoms with van der Waals surface area (Å²) < 4.78 is 4.57. The van der Waals surface area contributed by atoms with Gasteiger partial charge < -0.3 is 14.6 Å². The van der Waals surface area contributed by atoms with Crippen molar-refractivity contribution in [3.8, 4) is 0 Å². The Balaban J connectivity index is 1.70. The molecule has 2 aromatic rings. The number of amides is 1. The van der Waals surface area contributed by atoms with Gasteiger partial charge >= 0.3 is 5.97 Å². The second kappa shape index (κ2) is 7.09. The second-order valence-corrected chi connectivity index (χ2v) is 6.17. The van der Waals surface area contributed by atoms with Crippen molar-refractivity contribution in [1.29, 1.82) is 0 Å². The molecule has 1 N–H and O–H groups in total. The van der Waals surface area contributed by atoms with Gasteiger partial charge in [-0.25, -0.2) is 0 Å². The van der Waals surface area contributed by atoms with Crippen molar-refractivity contribution < 1.29 is 14.3 Å². The Bertz CT molecular complexity index is 810. The zero-order chi connectivity index (χ0) is 17.1. The molecule has 1 amide bonds. The Morgan fingerprint density at radius 3 is 2.88 bits per heavy atom. The largest absolute Gasteiger partial charge is 0.469 e. The molecule has 0 fully saturated rings. The van der Waals surface area contributed by atoms with Gasteiger partial charge in [-0.05, 0) is 18.1 Å². The summed E-state index contributed by atoms with van der Waals surface area (Å²) in [6.45, 7) is 1.21. The summed E-state index contributed by atoms with van der Waals surface area (Å²) >= 11 is 6.20. The minimum absolute atomic E-state index is 0.0160. The number of methoxy groups -OCH3 is 1. The summed E-state index contributed by atoms with van der Waals surface area (Å²) in [4.78, 5) is 28.3. The minimum atomic E-state index is -0.354. The summed E-state index contributed by atoms with van der Waals surface area (Å²) in [5, 5.41) is 1.80. The van der Waals surface area contributed by atoms with Crippen LogP contribution in [0.25, 0.3) is 16.5 Å². The van der Waals surface area contributed by atoms with E-state index in [0.29, 0.717) is 18.1 Å². The summed E-state index contributed by atoms with van der Waals surface area (Å²) in [6.07, 6.45) is 5.14. The number of para-hydroxylation sites is 1. The maximum atomic E-state index is 12.1. The first-order valence-corrected chi connectivity index (χ1v) is 8.27. The fourth-order valence-electron chi connectivity index (χ4n) is 2.99.